The quantitative estimate of drug-likeness (QED) is 0.585. The van der Waals surface area contributed by atoms with Gasteiger partial charge in [0.2, 0.25) is 0 Å². The van der Waals surface area contributed by atoms with E-state index >= 15 is 0 Å². The normalized spacial score (nSPS) is 10.9. The van der Waals surface area contributed by atoms with Crippen LogP contribution in [0.15, 0.2) is 30.5 Å². The molecule has 2 aromatic heterocycles. The summed E-state index contributed by atoms with van der Waals surface area (Å²) in [6.45, 7) is 3.92. The lowest BCUT2D eigenvalue weighted by Crippen LogP contribution is -1.96. The molecule has 0 N–H and O–H groups in total. The number of fused-ring (bicyclic) bond motifs is 3. The van der Waals surface area contributed by atoms with Gasteiger partial charge < -0.3 is 4.40 Å². The summed E-state index contributed by atoms with van der Waals surface area (Å²) in [4.78, 5) is 4.53. The summed E-state index contributed by atoms with van der Waals surface area (Å²) < 4.78 is 2.00. The Bertz CT molecular complexity index is 775. The fourth-order valence-electron chi connectivity index (χ4n) is 2.30. The molecule has 17 heavy (non-hydrogen) atoms. The molecule has 1 aromatic carbocycles. The van der Waals surface area contributed by atoms with Crippen molar-refractivity contribution in [3.63, 3.8) is 0 Å². The van der Waals surface area contributed by atoms with E-state index < -0.39 is 0 Å². The van der Waals surface area contributed by atoms with E-state index in [1.807, 2.05) is 48.7 Å². The second-order valence-corrected chi connectivity index (χ2v) is 4.19. The summed E-state index contributed by atoms with van der Waals surface area (Å²) in [6, 6.07) is 10.2. The smallest absolute Gasteiger partial charge is 0.145 e. The molecule has 0 saturated heterocycles. The first-order valence-electron chi connectivity index (χ1n) is 5.49. The fourth-order valence-corrected chi connectivity index (χ4v) is 2.30. The number of rotatable bonds is 0. The first-order chi connectivity index (χ1) is 8.22. The van der Waals surface area contributed by atoms with E-state index in [0.717, 1.165) is 33.4 Å². The van der Waals surface area contributed by atoms with Gasteiger partial charge >= 0.3 is 0 Å². The van der Waals surface area contributed by atoms with Crippen molar-refractivity contribution in [1.82, 2.24) is 9.38 Å². The Labute approximate surface area is 98.9 Å². The first kappa shape index (κ1) is 9.86. The van der Waals surface area contributed by atoms with Crippen molar-refractivity contribution in [3.05, 3.63) is 47.4 Å². The maximum Gasteiger partial charge on any atom is 0.145 e. The summed E-state index contributed by atoms with van der Waals surface area (Å²) >= 11 is 0. The molecule has 3 aromatic rings. The number of aryl methyl sites for hydroxylation is 2. The fraction of sp³-hybridized carbons (Fsp3) is 0.143. The average molecular weight is 221 g/mol. The summed E-state index contributed by atoms with van der Waals surface area (Å²) in [5.41, 5.74) is 3.57. The number of pyridine rings is 1. The molecule has 0 saturated carbocycles. The van der Waals surface area contributed by atoms with Crippen LogP contribution in [0.1, 0.15) is 17.0 Å². The monoisotopic (exact) mass is 221 g/mol. The highest BCUT2D eigenvalue weighted by Crippen LogP contribution is 2.26. The molecule has 0 aliphatic heterocycles. The minimum atomic E-state index is 0.727. The standard InChI is InChI=1S/C14H11N3/c1-9-8-17-10(2)13(7-15)11-5-3-4-6-12(11)14(17)16-9/h3-6,8H,1-2H3. The number of hydrogen-bond acceptors (Lipinski definition) is 2. The molecule has 0 fully saturated rings. The van der Waals surface area contributed by atoms with Crippen LogP contribution in [0.3, 0.4) is 0 Å². The van der Waals surface area contributed by atoms with Gasteiger partial charge in [0, 0.05) is 22.7 Å². The van der Waals surface area contributed by atoms with Gasteiger partial charge in [-0.15, -0.1) is 0 Å². The van der Waals surface area contributed by atoms with E-state index in [1.54, 1.807) is 0 Å². The SMILES string of the molecule is Cc1cn2c(C)c(C#N)c3ccccc3c2n1. The van der Waals surface area contributed by atoms with Gasteiger partial charge in [-0.25, -0.2) is 4.98 Å². The summed E-state index contributed by atoms with van der Waals surface area (Å²) in [6.07, 6.45) is 1.97. The lowest BCUT2D eigenvalue weighted by atomic mass is 10.1. The van der Waals surface area contributed by atoms with Crippen LogP contribution in [-0.4, -0.2) is 9.38 Å². The van der Waals surface area contributed by atoms with Gasteiger partial charge in [0.15, 0.2) is 0 Å². The third-order valence-corrected chi connectivity index (χ3v) is 3.10. The van der Waals surface area contributed by atoms with Crippen LogP contribution in [-0.2, 0) is 0 Å². The number of hydrogen-bond donors (Lipinski definition) is 0. The molecule has 0 aliphatic rings. The highest BCUT2D eigenvalue weighted by molar-refractivity contribution is 5.98. The maximum atomic E-state index is 9.30. The molecule has 0 spiro atoms. The summed E-state index contributed by atoms with van der Waals surface area (Å²) in [7, 11) is 0. The Balaban J connectivity index is 2.69. The van der Waals surface area contributed by atoms with E-state index in [1.165, 1.54) is 0 Å². The van der Waals surface area contributed by atoms with Gasteiger partial charge in [-0.2, -0.15) is 5.26 Å². The predicted molar refractivity (Wildman–Crippen MR) is 66.9 cm³/mol. The Morgan fingerprint density at radius 1 is 1.18 bits per heavy atom. The van der Waals surface area contributed by atoms with Gasteiger partial charge in [0.1, 0.15) is 11.7 Å². The van der Waals surface area contributed by atoms with Crippen LogP contribution in [0.4, 0.5) is 0 Å². The van der Waals surface area contributed by atoms with E-state index in [4.69, 9.17) is 0 Å². The highest BCUT2D eigenvalue weighted by atomic mass is 15.0. The van der Waals surface area contributed by atoms with Crippen LogP contribution < -0.4 is 0 Å². The topological polar surface area (TPSA) is 41.1 Å². The van der Waals surface area contributed by atoms with Gasteiger partial charge in [0.25, 0.3) is 0 Å². The molecule has 0 aliphatic carbocycles. The van der Waals surface area contributed by atoms with Crippen molar-refractivity contribution in [2.45, 2.75) is 13.8 Å². The van der Waals surface area contributed by atoms with E-state index in [0.29, 0.717) is 0 Å². The lowest BCUT2D eigenvalue weighted by Gasteiger charge is -2.07. The lowest BCUT2D eigenvalue weighted by molar-refractivity contribution is 1.09. The van der Waals surface area contributed by atoms with Crippen molar-refractivity contribution in [3.8, 4) is 6.07 Å². The Morgan fingerprint density at radius 3 is 2.59 bits per heavy atom. The molecular weight excluding hydrogens is 210 g/mol. The average Bonchev–Trinajstić information content (AvgIpc) is 2.72. The van der Waals surface area contributed by atoms with Gasteiger partial charge in [-0.05, 0) is 13.8 Å². The molecule has 0 radical (unpaired) electrons. The van der Waals surface area contributed by atoms with E-state index in [2.05, 4.69) is 11.1 Å². The maximum absolute atomic E-state index is 9.30. The third-order valence-electron chi connectivity index (χ3n) is 3.10. The van der Waals surface area contributed by atoms with Crippen molar-refractivity contribution in [2.24, 2.45) is 0 Å². The van der Waals surface area contributed by atoms with Gasteiger partial charge in [-0.1, -0.05) is 24.3 Å². The van der Waals surface area contributed by atoms with Crippen molar-refractivity contribution in [1.29, 1.82) is 5.26 Å². The van der Waals surface area contributed by atoms with Crippen molar-refractivity contribution < 1.29 is 0 Å². The van der Waals surface area contributed by atoms with Crippen LogP contribution in [0.5, 0.6) is 0 Å². The molecule has 0 atom stereocenters. The Morgan fingerprint density at radius 2 is 1.88 bits per heavy atom. The zero-order valence-electron chi connectivity index (χ0n) is 9.73. The molecular formula is C14H11N3. The van der Waals surface area contributed by atoms with Crippen LogP contribution in [0, 0.1) is 25.2 Å². The van der Waals surface area contributed by atoms with Gasteiger partial charge in [0.05, 0.1) is 11.3 Å². The Hall–Kier alpha value is -2.34. The van der Waals surface area contributed by atoms with E-state index in [9.17, 15) is 5.26 Å². The van der Waals surface area contributed by atoms with Crippen LogP contribution >= 0.6 is 0 Å². The molecule has 0 unspecified atom stereocenters. The largest absolute Gasteiger partial charge is 0.302 e. The molecule has 0 amide bonds. The zero-order chi connectivity index (χ0) is 12.0. The molecule has 3 rings (SSSR count). The molecule has 3 heteroatoms. The number of nitrogens with zero attached hydrogens (tertiary/aromatic N) is 3. The molecule has 82 valence electrons. The number of nitriles is 1. The minimum Gasteiger partial charge on any atom is -0.302 e. The Kier molecular flexibility index (Phi) is 1.93. The summed E-state index contributed by atoms with van der Waals surface area (Å²) in [5, 5.41) is 11.3. The molecule has 3 nitrogen and oxygen atoms in total. The van der Waals surface area contributed by atoms with Crippen molar-refractivity contribution >= 4 is 16.4 Å². The number of imidazole rings is 1. The second-order valence-electron chi connectivity index (χ2n) is 4.19. The molecule has 2 heterocycles. The first-order valence-corrected chi connectivity index (χ1v) is 5.49. The van der Waals surface area contributed by atoms with Gasteiger partial charge in [-0.3, -0.25) is 0 Å². The molecule has 0 bridgehead atoms. The minimum absolute atomic E-state index is 0.727. The van der Waals surface area contributed by atoms with Crippen molar-refractivity contribution in [2.75, 3.05) is 0 Å². The third kappa shape index (κ3) is 1.24. The highest BCUT2D eigenvalue weighted by Gasteiger charge is 2.12. The predicted octanol–water partition coefficient (Wildman–Crippen LogP) is 2.98. The number of benzene rings is 1. The second kappa shape index (κ2) is 3.33. The van der Waals surface area contributed by atoms with E-state index in [-0.39, 0.29) is 0 Å². The summed E-state index contributed by atoms with van der Waals surface area (Å²) in [5.74, 6) is 0. The zero-order valence-corrected chi connectivity index (χ0v) is 9.73. The van der Waals surface area contributed by atoms with Crippen LogP contribution in [0.25, 0.3) is 16.4 Å². The number of aromatic nitrogens is 2. The van der Waals surface area contributed by atoms with Crippen LogP contribution in [0.2, 0.25) is 0 Å².